The summed E-state index contributed by atoms with van der Waals surface area (Å²) < 4.78 is 10.7. The molecule has 1 heterocycles. The minimum Gasteiger partial charge on any atom is -0.484 e. The number of primary amides is 1. The standard InChI is InChI=1S/C20H18N4O4/c21-18(25)12-27-16-8-6-14(7-9-16)11-23-24-19(26)13-28-17-5-1-3-15-4-2-10-22-20(15)17/h1-11H,12-13H2,(H2,21,25)(H,24,26)/b23-11-. The Morgan fingerprint density at radius 2 is 1.82 bits per heavy atom. The Balaban J connectivity index is 1.49. The highest BCUT2D eigenvalue weighted by atomic mass is 16.5. The van der Waals surface area contributed by atoms with Gasteiger partial charge in [-0.3, -0.25) is 14.6 Å². The average molecular weight is 378 g/mol. The van der Waals surface area contributed by atoms with Crippen molar-refractivity contribution in [1.29, 1.82) is 0 Å². The van der Waals surface area contributed by atoms with Gasteiger partial charge in [-0.15, -0.1) is 0 Å². The van der Waals surface area contributed by atoms with Crippen LogP contribution in [0.5, 0.6) is 11.5 Å². The highest BCUT2D eigenvalue weighted by molar-refractivity contribution is 5.85. The third kappa shape index (κ3) is 5.28. The summed E-state index contributed by atoms with van der Waals surface area (Å²) in [7, 11) is 0. The van der Waals surface area contributed by atoms with E-state index in [0.29, 0.717) is 17.0 Å². The molecule has 0 saturated carbocycles. The van der Waals surface area contributed by atoms with Crippen LogP contribution in [0.25, 0.3) is 10.9 Å². The van der Waals surface area contributed by atoms with Crippen molar-refractivity contribution in [3.05, 3.63) is 66.4 Å². The van der Waals surface area contributed by atoms with Gasteiger partial charge in [0.05, 0.1) is 6.21 Å². The molecular formula is C20H18N4O4. The van der Waals surface area contributed by atoms with Gasteiger partial charge in [0.2, 0.25) is 0 Å². The summed E-state index contributed by atoms with van der Waals surface area (Å²) in [5, 5.41) is 4.82. The van der Waals surface area contributed by atoms with Crippen LogP contribution in [0.1, 0.15) is 5.56 Å². The van der Waals surface area contributed by atoms with E-state index < -0.39 is 11.8 Å². The number of hydrogen-bond donors (Lipinski definition) is 2. The third-order valence-corrected chi connectivity index (χ3v) is 3.62. The minimum atomic E-state index is -0.546. The fourth-order valence-electron chi connectivity index (χ4n) is 2.35. The van der Waals surface area contributed by atoms with Crippen LogP contribution < -0.4 is 20.6 Å². The summed E-state index contributed by atoms with van der Waals surface area (Å²) in [5.74, 6) is 0.0984. The quantitative estimate of drug-likeness (QED) is 0.456. The average Bonchev–Trinajstić information content (AvgIpc) is 2.71. The summed E-state index contributed by atoms with van der Waals surface area (Å²) >= 11 is 0. The molecule has 0 aliphatic heterocycles. The van der Waals surface area contributed by atoms with E-state index in [2.05, 4.69) is 15.5 Å². The number of para-hydroxylation sites is 1. The van der Waals surface area contributed by atoms with E-state index in [1.807, 2.05) is 24.3 Å². The molecule has 0 aliphatic rings. The predicted octanol–water partition coefficient (Wildman–Crippen LogP) is 1.63. The SMILES string of the molecule is NC(=O)COc1ccc(/C=N\NC(=O)COc2cccc3cccnc23)cc1. The number of ether oxygens (including phenoxy) is 2. The van der Waals surface area contributed by atoms with Gasteiger partial charge in [-0.2, -0.15) is 5.10 Å². The summed E-state index contributed by atoms with van der Waals surface area (Å²) in [6.07, 6.45) is 3.15. The van der Waals surface area contributed by atoms with E-state index in [9.17, 15) is 9.59 Å². The zero-order valence-electron chi connectivity index (χ0n) is 14.9. The molecule has 28 heavy (non-hydrogen) atoms. The van der Waals surface area contributed by atoms with Crippen LogP contribution in [0.15, 0.2) is 65.9 Å². The first-order chi connectivity index (χ1) is 13.6. The van der Waals surface area contributed by atoms with E-state index in [4.69, 9.17) is 15.2 Å². The maximum absolute atomic E-state index is 11.9. The number of amides is 2. The Morgan fingerprint density at radius 3 is 2.61 bits per heavy atom. The predicted molar refractivity (Wildman–Crippen MR) is 104 cm³/mol. The molecule has 0 spiro atoms. The van der Waals surface area contributed by atoms with Crippen molar-refractivity contribution in [2.24, 2.45) is 10.8 Å². The molecule has 0 bridgehead atoms. The lowest BCUT2D eigenvalue weighted by atomic mass is 10.2. The van der Waals surface area contributed by atoms with Gasteiger partial charge in [0.15, 0.2) is 13.2 Å². The molecule has 8 nitrogen and oxygen atoms in total. The van der Waals surface area contributed by atoms with Crippen molar-refractivity contribution in [3.8, 4) is 11.5 Å². The number of hydrogen-bond acceptors (Lipinski definition) is 6. The van der Waals surface area contributed by atoms with Crippen LogP contribution in [0.3, 0.4) is 0 Å². The molecule has 3 aromatic rings. The third-order valence-electron chi connectivity index (χ3n) is 3.62. The Bertz CT molecular complexity index is 997. The Labute approximate surface area is 161 Å². The summed E-state index contributed by atoms with van der Waals surface area (Å²) in [5.41, 5.74) is 8.85. The van der Waals surface area contributed by atoms with Gasteiger partial charge in [0.25, 0.3) is 11.8 Å². The van der Waals surface area contributed by atoms with Gasteiger partial charge in [-0.1, -0.05) is 18.2 Å². The van der Waals surface area contributed by atoms with E-state index in [1.54, 1.807) is 36.5 Å². The lowest BCUT2D eigenvalue weighted by Crippen LogP contribution is -2.24. The summed E-state index contributed by atoms with van der Waals surface area (Å²) in [6, 6.07) is 16.1. The molecule has 8 heteroatoms. The monoisotopic (exact) mass is 378 g/mol. The lowest BCUT2D eigenvalue weighted by Gasteiger charge is -2.07. The number of carbonyl (C=O) groups excluding carboxylic acids is 2. The van der Waals surface area contributed by atoms with Crippen LogP contribution in [0.4, 0.5) is 0 Å². The first-order valence-corrected chi connectivity index (χ1v) is 8.41. The number of hydrazone groups is 1. The number of benzene rings is 2. The normalized spacial score (nSPS) is 10.7. The van der Waals surface area contributed by atoms with Gasteiger partial charge in [0, 0.05) is 11.6 Å². The number of nitrogens with two attached hydrogens (primary N) is 1. The van der Waals surface area contributed by atoms with Gasteiger partial charge in [-0.25, -0.2) is 5.43 Å². The minimum absolute atomic E-state index is 0.185. The van der Waals surface area contributed by atoms with Gasteiger partial charge < -0.3 is 15.2 Å². The van der Waals surface area contributed by atoms with E-state index >= 15 is 0 Å². The molecular weight excluding hydrogens is 360 g/mol. The highest BCUT2D eigenvalue weighted by Gasteiger charge is 2.06. The zero-order valence-corrected chi connectivity index (χ0v) is 14.9. The Kier molecular flexibility index (Phi) is 6.14. The molecule has 142 valence electrons. The second kappa shape index (κ2) is 9.13. The van der Waals surface area contributed by atoms with Gasteiger partial charge >= 0.3 is 0 Å². The Hall–Kier alpha value is -3.94. The molecule has 1 aromatic heterocycles. The summed E-state index contributed by atoms with van der Waals surface area (Å²) in [4.78, 5) is 26.9. The van der Waals surface area contributed by atoms with Crippen molar-refractivity contribution in [1.82, 2.24) is 10.4 Å². The van der Waals surface area contributed by atoms with Gasteiger partial charge in [0.1, 0.15) is 17.0 Å². The maximum atomic E-state index is 11.9. The second-order valence-electron chi connectivity index (χ2n) is 5.74. The molecule has 2 amide bonds. The van der Waals surface area contributed by atoms with Crippen LogP contribution in [-0.4, -0.2) is 36.2 Å². The second-order valence-corrected chi connectivity index (χ2v) is 5.74. The number of rotatable bonds is 8. The zero-order chi connectivity index (χ0) is 19.8. The van der Waals surface area contributed by atoms with Crippen LogP contribution in [0.2, 0.25) is 0 Å². The largest absolute Gasteiger partial charge is 0.484 e. The molecule has 2 aromatic carbocycles. The van der Waals surface area contributed by atoms with Crippen molar-refractivity contribution in [3.63, 3.8) is 0 Å². The molecule has 0 fully saturated rings. The first kappa shape index (κ1) is 18.8. The van der Waals surface area contributed by atoms with Gasteiger partial charge in [-0.05, 0) is 42.0 Å². The van der Waals surface area contributed by atoms with Crippen molar-refractivity contribution < 1.29 is 19.1 Å². The molecule has 3 rings (SSSR count). The molecule has 0 saturated heterocycles. The number of aromatic nitrogens is 1. The fraction of sp³-hybridized carbons (Fsp3) is 0.100. The van der Waals surface area contributed by atoms with Crippen LogP contribution in [-0.2, 0) is 9.59 Å². The maximum Gasteiger partial charge on any atom is 0.277 e. The first-order valence-electron chi connectivity index (χ1n) is 8.41. The van der Waals surface area contributed by atoms with Crippen molar-refractivity contribution in [2.75, 3.05) is 13.2 Å². The Morgan fingerprint density at radius 1 is 1.04 bits per heavy atom. The topological polar surface area (TPSA) is 116 Å². The molecule has 0 aliphatic carbocycles. The molecule has 0 radical (unpaired) electrons. The van der Waals surface area contributed by atoms with Crippen molar-refractivity contribution in [2.45, 2.75) is 0 Å². The van der Waals surface area contributed by atoms with E-state index in [-0.39, 0.29) is 13.2 Å². The van der Waals surface area contributed by atoms with Crippen molar-refractivity contribution >= 4 is 28.9 Å². The number of fused-ring (bicyclic) bond motifs is 1. The fourth-order valence-corrected chi connectivity index (χ4v) is 2.35. The summed E-state index contributed by atoms with van der Waals surface area (Å²) in [6.45, 7) is -0.372. The van der Waals surface area contributed by atoms with Crippen LogP contribution in [0, 0.1) is 0 Å². The number of nitrogens with one attached hydrogen (secondary N) is 1. The highest BCUT2D eigenvalue weighted by Crippen LogP contribution is 2.22. The van der Waals surface area contributed by atoms with E-state index in [1.165, 1.54) is 6.21 Å². The molecule has 0 unspecified atom stereocenters. The number of nitrogens with zero attached hydrogens (tertiary/aromatic N) is 2. The molecule has 0 atom stereocenters. The van der Waals surface area contributed by atoms with E-state index in [0.717, 1.165) is 10.9 Å². The smallest absolute Gasteiger partial charge is 0.277 e. The number of pyridine rings is 1. The number of carbonyl (C=O) groups is 2. The van der Waals surface area contributed by atoms with Crippen LogP contribution >= 0.6 is 0 Å². The molecule has 3 N–H and O–H groups in total. The lowest BCUT2D eigenvalue weighted by molar-refractivity contribution is -0.123.